The molecular weight excluding hydrogens is 334 g/mol. The topological polar surface area (TPSA) is 61.1 Å². The summed E-state index contributed by atoms with van der Waals surface area (Å²) in [6, 6.07) is 26.5. The number of benzene rings is 3. The van der Waals surface area contributed by atoms with E-state index in [1.54, 1.807) is 0 Å². The first-order chi connectivity index (χ1) is 13.2. The van der Waals surface area contributed by atoms with Crippen molar-refractivity contribution in [3.8, 4) is 11.4 Å². The fourth-order valence-electron chi connectivity index (χ4n) is 3.59. The average molecular weight is 353 g/mol. The Bertz CT molecular complexity index is 1230. The number of nitrogens with two attached hydrogens (primary N) is 1. The zero-order chi connectivity index (χ0) is 18.4. The number of fused-ring (bicyclic) bond motifs is 3. The first-order valence-corrected chi connectivity index (χ1v) is 8.99. The Balaban J connectivity index is 1.76. The van der Waals surface area contributed by atoms with Gasteiger partial charge in [0, 0.05) is 11.3 Å². The van der Waals surface area contributed by atoms with Crippen LogP contribution >= 0.6 is 0 Å². The number of para-hydroxylation sites is 2. The van der Waals surface area contributed by atoms with Crippen molar-refractivity contribution in [1.29, 1.82) is 0 Å². The Kier molecular flexibility index (Phi) is 3.47. The number of rotatable bonds is 3. The zero-order valence-electron chi connectivity index (χ0n) is 14.9. The highest BCUT2D eigenvalue weighted by Crippen LogP contribution is 2.29. The van der Waals surface area contributed by atoms with E-state index in [1.807, 2.05) is 40.9 Å². The largest absolute Gasteiger partial charge is 0.399 e. The van der Waals surface area contributed by atoms with Crippen LogP contribution in [-0.2, 0) is 0 Å². The predicted octanol–water partition coefficient (Wildman–Crippen LogP) is 4.54. The maximum atomic E-state index is 5.81. The highest BCUT2D eigenvalue weighted by atomic mass is 15.4. The van der Waals surface area contributed by atoms with Gasteiger partial charge in [-0.1, -0.05) is 42.5 Å². The van der Waals surface area contributed by atoms with Crippen molar-refractivity contribution >= 4 is 22.5 Å². The minimum absolute atomic E-state index is 0.136. The van der Waals surface area contributed by atoms with Crippen molar-refractivity contribution in [2.45, 2.75) is 13.0 Å². The van der Waals surface area contributed by atoms with Crippen LogP contribution in [0.5, 0.6) is 0 Å². The number of nitrogens with zero attached hydrogens (tertiary/aromatic N) is 4. The van der Waals surface area contributed by atoms with Crippen LogP contribution < -0.4 is 5.73 Å². The fraction of sp³-hybridized carbons (Fsp3) is 0.0909. The van der Waals surface area contributed by atoms with E-state index >= 15 is 0 Å². The number of anilines is 1. The molecule has 5 nitrogen and oxygen atoms in total. The third-order valence-corrected chi connectivity index (χ3v) is 5.01. The molecule has 0 saturated heterocycles. The standard InChI is InChI=1S/C22H19N5/c1-15(16-7-3-2-4-8-16)26-19-9-5-6-10-20(19)27-22(26)24-21(25-27)17-11-13-18(23)14-12-17/h2-15H,23H2,1H3. The van der Waals surface area contributed by atoms with Gasteiger partial charge < -0.3 is 10.3 Å². The van der Waals surface area contributed by atoms with Gasteiger partial charge in [-0.3, -0.25) is 0 Å². The molecule has 0 bridgehead atoms. The van der Waals surface area contributed by atoms with E-state index in [1.165, 1.54) is 5.56 Å². The Hall–Kier alpha value is -3.60. The SMILES string of the molecule is CC(c1ccccc1)n1c2ccccc2n2nc(-c3ccc(N)cc3)nc12. The molecule has 0 amide bonds. The lowest BCUT2D eigenvalue weighted by atomic mass is 10.1. The zero-order valence-corrected chi connectivity index (χ0v) is 14.9. The van der Waals surface area contributed by atoms with E-state index in [4.69, 9.17) is 15.8 Å². The molecule has 0 saturated carbocycles. The maximum absolute atomic E-state index is 5.81. The van der Waals surface area contributed by atoms with Gasteiger partial charge in [-0.25, -0.2) is 0 Å². The highest BCUT2D eigenvalue weighted by Gasteiger charge is 2.20. The lowest BCUT2D eigenvalue weighted by Crippen LogP contribution is -2.07. The number of hydrogen-bond donors (Lipinski definition) is 1. The van der Waals surface area contributed by atoms with Gasteiger partial charge in [-0.2, -0.15) is 9.50 Å². The van der Waals surface area contributed by atoms with Gasteiger partial charge in [0.2, 0.25) is 5.78 Å². The van der Waals surface area contributed by atoms with Gasteiger partial charge in [-0.15, -0.1) is 5.10 Å². The Labute approximate surface area is 156 Å². The predicted molar refractivity (Wildman–Crippen MR) is 109 cm³/mol. The average Bonchev–Trinajstić information content (AvgIpc) is 3.26. The summed E-state index contributed by atoms with van der Waals surface area (Å²) in [5.74, 6) is 1.53. The molecule has 3 aromatic carbocycles. The van der Waals surface area contributed by atoms with Crippen molar-refractivity contribution in [3.63, 3.8) is 0 Å². The first-order valence-electron chi connectivity index (χ1n) is 8.99. The van der Waals surface area contributed by atoms with E-state index in [0.717, 1.165) is 28.1 Å². The number of nitrogen functional groups attached to an aromatic ring is 1. The minimum Gasteiger partial charge on any atom is -0.399 e. The first kappa shape index (κ1) is 15.6. The van der Waals surface area contributed by atoms with Gasteiger partial charge >= 0.3 is 0 Å². The Morgan fingerprint density at radius 3 is 2.22 bits per heavy atom. The van der Waals surface area contributed by atoms with Crippen molar-refractivity contribution < 1.29 is 0 Å². The smallest absolute Gasteiger partial charge is 0.234 e. The lowest BCUT2D eigenvalue weighted by molar-refractivity contribution is 0.672. The summed E-state index contributed by atoms with van der Waals surface area (Å²) in [4.78, 5) is 4.87. The van der Waals surface area contributed by atoms with E-state index in [-0.39, 0.29) is 6.04 Å². The van der Waals surface area contributed by atoms with Gasteiger partial charge in [0.15, 0.2) is 5.82 Å². The molecule has 1 atom stereocenters. The third kappa shape index (κ3) is 2.47. The van der Waals surface area contributed by atoms with Crippen LogP contribution in [0.15, 0.2) is 78.9 Å². The second-order valence-electron chi connectivity index (χ2n) is 6.71. The summed E-state index contributed by atoms with van der Waals surface area (Å²) in [5.41, 5.74) is 10.9. The molecule has 0 fully saturated rings. The molecule has 0 spiro atoms. The fourth-order valence-corrected chi connectivity index (χ4v) is 3.59. The summed E-state index contributed by atoms with van der Waals surface area (Å²) < 4.78 is 4.18. The molecule has 5 heteroatoms. The summed E-state index contributed by atoms with van der Waals surface area (Å²) in [7, 11) is 0. The molecule has 1 unspecified atom stereocenters. The molecular formula is C22H19N5. The van der Waals surface area contributed by atoms with Crippen molar-refractivity contribution in [1.82, 2.24) is 19.2 Å². The minimum atomic E-state index is 0.136. The normalized spacial score (nSPS) is 12.6. The third-order valence-electron chi connectivity index (χ3n) is 5.01. The molecule has 0 aliphatic heterocycles. The second kappa shape index (κ2) is 5.99. The van der Waals surface area contributed by atoms with E-state index in [9.17, 15) is 0 Å². The summed E-state index contributed by atoms with van der Waals surface area (Å²) in [5, 5.41) is 4.78. The molecule has 132 valence electrons. The number of hydrogen-bond acceptors (Lipinski definition) is 3. The monoisotopic (exact) mass is 353 g/mol. The summed E-state index contributed by atoms with van der Waals surface area (Å²) in [6.45, 7) is 2.19. The molecule has 2 heterocycles. The van der Waals surface area contributed by atoms with Crippen LogP contribution in [0.4, 0.5) is 5.69 Å². The van der Waals surface area contributed by atoms with E-state index in [2.05, 4.69) is 54.0 Å². The van der Waals surface area contributed by atoms with Crippen molar-refractivity contribution in [3.05, 3.63) is 84.4 Å². The summed E-state index contributed by atoms with van der Waals surface area (Å²) >= 11 is 0. The maximum Gasteiger partial charge on any atom is 0.234 e. The molecule has 5 rings (SSSR count). The highest BCUT2D eigenvalue weighted by molar-refractivity contribution is 5.81. The molecule has 0 aliphatic carbocycles. The molecule has 27 heavy (non-hydrogen) atoms. The van der Waals surface area contributed by atoms with Crippen molar-refractivity contribution in [2.75, 3.05) is 5.73 Å². The Morgan fingerprint density at radius 1 is 0.815 bits per heavy atom. The van der Waals surface area contributed by atoms with Gasteiger partial charge in [-0.05, 0) is 48.9 Å². The van der Waals surface area contributed by atoms with Gasteiger partial charge in [0.05, 0.1) is 17.1 Å². The molecule has 2 aromatic heterocycles. The van der Waals surface area contributed by atoms with E-state index in [0.29, 0.717) is 5.82 Å². The molecule has 0 aliphatic rings. The van der Waals surface area contributed by atoms with Crippen LogP contribution in [0, 0.1) is 0 Å². The van der Waals surface area contributed by atoms with Crippen LogP contribution in [0.25, 0.3) is 28.2 Å². The Morgan fingerprint density at radius 2 is 1.48 bits per heavy atom. The lowest BCUT2D eigenvalue weighted by Gasteiger charge is -2.15. The van der Waals surface area contributed by atoms with E-state index < -0.39 is 0 Å². The van der Waals surface area contributed by atoms with Crippen LogP contribution in [0.1, 0.15) is 18.5 Å². The summed E-state index contributed by atoms with van der Waals surface area (Å²) in [6.07, 6.45) is 0. The van der Waals surface area contributed by atoms with Crippen molar-refractivity contribution in [2.24, 2.45) is 0 Å². The molecule has 2 N–H and O–H groups in total. The molecule has 5 aromatic rings. The van der Waals surface area contributed by atoms with Gasteiger partial charge in [0.1, 0.15) is 0 Å². The van der Waals surface area contributed by atoms with Crippen LogP contribution in [0.3, 0.4) is 0 Å². The quantitative estimate of drug-likeness (QED) is 0.484. The second-order valence-corrected chi connectivity index (χ2v) is 6.71. The van der Waals surface area contributed by atoms with Crippen LogP contribution in [-0.4, -0.2) is 19.2 Å². The van der Waals surface area contributed by atoms with Crippen LogP contribution in [0.2, 0.25) is 0 Å². The van der Waals surface area contributed by atoms with Gasteiger partial charge in [0.25, 0.3) is 0 Å². The number of imidazole rings is 1. The number of aromatic nitrogens is 4. The molecule has 0 radical (unpaired) electrons.